The lowest BCUT2D eigenvalue weighted by Gasteiger charge is -2.39. The van der Waals surface area contributed by atoms with Gasteiger partial charge < -0.3 is 9.66 Å². The van der Waals surface area contributed by atoms with Crippen molar-refractivity contribution in [3.63, 3.8) is 0 Å². The van der Waals surface area contributed by atoms with E-state index in [1.807, 2.05) is 0 Å². The van der Waals surface area contributed by atoms with Crippen molar-refractivity contribution in [3.8, 4) is 0 Å². The summed E-state index contributed by atoms with van der Waals surface area (Å²) in [7, 11) is 0. The highest BCUT2D eigenvalue weighted by Gasteiger charge is 2.56. The fraction of sp³-hybridized carbons (Fsp3) is 0.571. The van der Waals surface area contributed by atoms with Crippen molar-refractivity contribution in [1.82, 2.24) is 0 Å². The van der Waals surface area contributed by atoms with Crippen LogP contribution in [0, 0.1) is 5.82 Å². The van der Waals surface area contributed by atoms with Crippen molar-refractivity contribution in [3.05, 3.63) is 35.6 Å². The number of rotatable bonds is 8. The van der Waals surface area contributed by atoms with E-state index in [-0.39, 0.29) is 0 Å². The molecule has 0 heterocycles. The fourth-order valence-electron chi connectivity index (χ4n) is 2.53. The Morgan fingerprint density at radius 2 is 1.75 bits per heavy atom. The Morgan fingerprint density at radius 3 is 2.17 bits per heavy atom. The minimum absolute atomic E-state index is 0.762. The van der Waals surface area contributed by atoms with Gasteiger partial charge in [-0.2, -0.15) is 5.14 Å². The summed E-state index contributed by atoms with van der Waals surface area (Å²) in [6, 6.07) is 3.86. The standard InChI is InChI=1S/C14H17F6NO2S/c1-7(24(21)23)6-14(13(19)20,11(16)10(22)12(17)18)8-4-2-3-5-9(8)15/h2-5,7,10-13,22H,6,21H2,1H3. The first-order valence-electron chi connectivity index (χ1n) is 6.84. The Labute approximate surface area is 138 Å². The topological polar surface area (TPSA) is 69.3 Å². The van der Waals surface area contributed by atoms with E-state index < -0.39 is 65.0 Å². The molecule has 0 radical (unpaired) electrons. The lowest BCUT2D eigenvalue weighted by molar-refractivity contribution is -0.107. The molecule has 10 heteroatoms. The molecular weight excluding hydrogens is 360 g/mol. The number of nitrogens with two attached hydrogens (primary N) is 1. The summed E-state index contributed by atoms with van der Waals surface area (Å²) >= 11 is -2.19. The molecular formula is C14H17F6NO2S. The van der Waals surface area contributed by atoms with Gasteiger partial charge in [0.2, 0.25) is 0 Å². The lowest BCUT2D eigenvalue weighted by atomic mass is 9.71. The van der Waals surface area contributed by atoms with E-state index in [1.54, 1.807) is 0 Å². The molecule has 1 aromatic carbocycles. The van der Waals surface area contributed by atoms with Gasteiger partial charge in [-0.1, -0.05) is 18.2 Å². The molecule has 0 amide bonds. The average molecular weight is 377 g/mol. The molecule has 3 nitrogen and oxygen atoms in total. The van der Waals surface area contributed by atoms with Crippen LogP contribution in [0.2, 0.25) is 0 Å². The number of hydrogen-bond donors (Lipinski definition) is 2. The second-order valence-electron chi connectivity index (χ2n) is 5.39. The molecule has 0 aromatic heterocycles. The molecule has 1 aromatic rings. The van der Waals surface area contributed by atoms with Gasteiger partial charge in [0.1, 0.15) is 23.3 Å². The first-order valence-corrected chi connectivity index (χ1v) is 8.11. The minimum Gasteiger partial charge on any atom is -0.598 e. The molecule has 0 saturated heterocycles. The van der Waals surface area contributed by atoms with Crippen LogP contribution in [0.4, 0.5) is 26.3 Å². The van der Waals surface area contributed by atoms with Crippen molar-refractivity contribution >= 4 is 11.4 Å². The van der Waals surface area contributed by atoms with E-state index >= 15 is 0 Å². The third-order valence-corrected chi connectivity index (χ3v) is 4.80. The Morgan fingerprint density at radius 1 is 1.21 bits per heavy atom. The minimum atomic E-state index is -3.66. The van der Waals surface area contributed by atoms with Crippen molar-refractivity contribution < 1.29 is 36.0 Å². The van der Waals surface area contributed by atoms with Crippen molar-refractivity contribution in [1.29, 1.82) is 0 Å². The molecule has 0 spiro atoms. The average Bonchev–Trinajstić information content (AvgIpc) is 2.51. The Kier molecular flexibility index (Phi) is 7.39. The molecule has 0 bridgehead atoms. The number of alkyl halides is 5. The van der Waals surface area contributed by atoms with E-state index in [0.29, 0.717) is 0 Å². The summed E-state index contributed by atoms with van der Waals surface area (Å²) < 4.78 is 92.9. The van der Waals surface area contributed by atoms with E-state index in [2.05, 4.69) is 0 Å². The summed E-state index contributed by atoms with van der Waals surface area (Å²) in [5.74, 6) is -1.25. The predicted octanol–water partition coefficient (Wildman–Crippen LogP) is 2.69. The second kappa shape index (κ2) is 8.41. The van der Waals surface area contributed by atoms with E-state index in [9.17, 15) is 36.0 Å². The Hall–Kier alpha value is -0.970. The van der Waals surface area contributed by atoms with Gasteiger partial charge in [0.05, 0.1) is 5.41 Å². The van der Waals surface area contributed by atoms with Crippen LogP contribution in [-0.2, 0) is 16.8 Å². The summed E-state index contributed by atoms with van der Waals surface area (Å²) in [5.41, 5.74) is -4.01. The van der Waals surface area contributed by atoms with Gasteiger partial charge in [-0.05, 0) is 13.0 Å². The first-order chi connectivity index (χ1) is 11.1. The predicted molar refractivity (Wildman–Crippen MR) is 77.4 cm³/mol. The van der Waals surface area contributed by atoms with Crippen LogP contribution in [0.3, 0.4) is 0 Å². The highest BCUT2D eigenvalue weighted by Crippen LogP contribution is 2.44. The fourth-order valence-corrected chi connectivity index (χ4v) is 2.97. The molecule has 24 heavy (non-hydrogen) atoms. The van der Waals surface area contributed by atoms with Gasteiger partial charge in [0.25, 0.3) is 12.9 Å². The second-order valence-corrected chi connectivity index (χ2v) is 6.85. The van der Waals surface area contributed by atoms with Gasteiger partial charge in [-0.25, -0.2) is 26.3 Å². The largest absolute Gasteiger partial charge is 0.598 e. The van der Waals surface area contributed by atoms with Crippen LogP contribution in [0.15, 0.2) is 24.3 Å². The van der Waals surface area contributed by atoms with E-state index in [0.717, 1.165) is 31.2 Å². The molecule has 0 fully saturated rings. The molecule has 0 aliphatic rings. The maximum atomic E-state index is 14.6. The Bertz CT molecular complexity index is 536. The van der Waals surface area contributed by atoms with Crippen molar-refractivity contribution in [2.45, 2.75) is 49.1 Å². The van der Waals surface area contributed by atoms with E-state index in [1.165, 1.54) is 0 Å². The zero-order chi connectivity index (χ0) is 18.7. The zero-order valence-corrected chi connectivity index (χ0v) is 13.3. The summed E-state index contributed by atoms with van der Waals surface area (Å²) in [5, 5.41) is 13.1. The van der Waals surface area contributed by atoms with Gasteiger partial charge in [-0.3, -0.25) is 0 Å². The molecule has 0 aliphatic heterocycles. The number of aliphatic hydroxyl groups is 1. The summed E-state index contributed by atoms with van der Waals surface area (Å²) in [6.07, 6.45) is -14.6. The quantitative estimate of drug-likeness (QED) is 0.541. The normalized spacial score (nSPS) is 19.8. The third-order valence-electron chi connectivity index (χ3n) is 3.84. The van der Waals surface area contributed by atoms with Crippen molar-refractivity contribution in [2.75, 3.05) is 0 Å². The monoisotopic (exact) mass is 377 g/mol. The smallest absolute Gasteiger partial charge is 0.266 e. The van der Waals surface area contributed by atoms with Crippen LogP contribution in [0.1, 0.15) is 18.9 Å². The molecule has 3 N–H and O–H groups in total. The van der Waals surface area contributed by atoms with Crippen LogP contribution in [0.5, 0.6) is 0 Å². The van der Waals surface area contributed by atoms with Crippen LogP contribution >= 0.6 is 0 Å². The highest BCUT2D eigenvalue weighted by molar-refractivity contribution is 7.89. The maximum Gasteiger partial charge on any atom is 0.266 e. The van der Waals surface area contributed by atoms with Gasteiger partial charge in [0, 0.05) is 23.3 Å². The van der Waals surface area contributed by atoms with Crippen molar-refractivity contribution in [2.24, 2.45) is 5.14 Å². The molecule has 1 rings (SSSR count). The highest BCUT2D eigenvalue weighted by atomic mass is 32.2. The molecule has 5 unspecified atom stereocenters. The maximum absolute atomic E-state index is 14.6. The number of halogens is 6. The van der Waals surface area contributed by atoms with Gasteiger partial charge >= 0.3 is 0 Å². The van der Waals surface area contributed by atoms with Crippen LogP contribution in [0.25, 0.3) is 0 Å². The number of benzene rings is 1. The first kappa shape index (κ1) is 21.1. The third kappa shape index (κ3) is 4.16. The number of hydrogen-bond acceptors (Lipinski definition) is 3. The SMILES string of the molecule is CC(CC(c1ccccc1F)(C(F)F)C(F)C(O)C(F)F)[S+](N)[O-]. The lowest BCUT2D eigenvalue weighted by Crippen LogP contribution is -2.54. The molecule has 0 saturated carbocycles. The van der Waals surface area contributed by atoms with Gasteiger partial charge in [0.15, 0.2) is 0 Å². The Balaban J connectivity index is 3.54. The summed E-state index contributed by atoms with van der Waals surface area (Å²) in [4.78, 5) is 0. The van der Waals surface area contributed by atoms with Crippen LogP contribution in [-0.4, -0.2) is 40.0 Å². The molecule has 138 valence electrons. The van der Waals surface area contributed by atoms with E-state index in [4.69, 9.17) is 5.14 Å². The summed E-state index contributed by atoms with van der Waals surface area (Å²) in [6.45, 7) is 1.13. The molecule has 0 aliphatic carbocycles. The molecule has 5 atom stereocenters. The number of aliphatic hydroxyl groups excluding tert-OH is 1. The zero-order valence-electron chi connectivity index (χ0n) is 12.5. The van der Waals surface area contributed by atoms with Crippen LogP contribution < -0.4 is 5.14 Å². The van der Waals surface area contributed by atoms with Gasteiger partial charge in [-0.15, -0.1) is 0 Å².